The maximum atomic E-state index is 12.9. The lowest BCUT2D eigenvalue weighted by Gasteiger charge is -2.39. The molecule has 3 atom stereocenters. The number of hydrogen-bond acceptors (Lipinski definition) is 2. The summed E-state index contributed by atoms with van der Waals surface area (Å²) in [7, 11) is 0. The van der Waals surface area contributed by atoms with Gasteiger partial charge in [0.1, 0.15) is 5.82 Å². The van der Waals surface area contributed by atoms with Crippen molar-refractivity contribution in [2.24, 2.45) is 16.7 Å². The third-order valence-electron chi connectivity index (χ3n) is 7.10. The third-order valence-corrected chi connectivity index (χ3v) is 7.10. The van der Waals surface area contributed by atoms with Crippen LogP contribution in [0.3, 0.4) is 0 Å². The van der Waals surface area contributed by atoms with Crippen LogP contribution in [0.5, 0.6) is 0 Å². The van der Waals surface area contributed by atoms with Crippen LogP contribution >= 0.6 is 0 Å². The van der Waals surface area contributed by atoms with E-state index in [4.69, 9.17) is 0 Å². The SMILES string of the molecule is CC1(C)C2CCC1(C)C(NC(=O)CCCNC(=O)c1ccc(F)cc1)C2. The summed E-state index contributed by atoms with van der Waals surface area (Å²) in [6.07, 6.45) is 4.53. The molecule has 0 heterocycles. The number of carbonyl (C=O) groups is 2. The Morgan fingerprint density at radius 2 is 1.88 bits per heavy atom. The lowest BCUT2D eigenvalue weighted by molar-refractivity contribution is -0.122. The molecule has 5 heteroatoms. The summed E-state index contributed by atoms with van der Waals surface area (Å²) in [5.74, 6) is 0.159. The molecule has 2 amide bonds. The minimum atomic E-state index is -0.365. The van der Waals surface area contributed by atoms with Crippen molar-refractivity contribution in [3.63, 3.8) is 0 Å². The van der Waals surface area contributed by atoms with Crippen molar-refractivity contribution in [2.75, 3.05) is 6.54 Å². The fraction of sp³-hybridized carbons (Fsp3) is 0.619. The number of benzene rings is 1. The standard InChI is InChI=1S/C21H29FN2O2/c1-20(2)15-10-11-21(20,3)17(13-15)24-18(25)5-4-12-23-19(26)14-6-8-16(22)9-7-14/h6-9,15,17H,4-5,10-13H2,1-3H3,(H,23,26)(H,24,25). The molecule has 2 aliphatic rings. The molecule has 0 saturated heterocycles. The van der Waals surface area contributed by atoms with Crippen LogP contribution in [-0.2, 0) is 4.79 Å². The molecule has 0 aliphatic heterocycles. The number of nitrogens with one attached hydrogen (secondary N) is 2. The largest absolute Gasteiger partial charge is 0.353 e. The number of amides is 2. The van der Waals surface area contributed by atoms with Gasteiger partial charge >= 0.3 is 0 Å². The van der Waals surface area contributed by atoms with E-state index < -0.39 is 0 Å². The molecule has 1 aromatic carbocycles. The summed E-state index contributed by atoms with van der Waals surface area (Å²) in [6, 6.07) is 5.70. The van der Waals surface area contributed by atoms with Crippen LogP contribution in [0.1, 0.15) is 63.2 Å². The molecule has 0 radical (unpaired) electrons. The summed E-state index contributed by atoms with van der Waals surface area (Å²) in [5, 5.41) is 6.01. The number of halogens is 1. The molecular formula is C21H29FN2O2. The molecule has 26 heavy (non-hydrogen) atoms. The van der Waals surface area contributed by atoms with E-state index in [1.807, 2.05) is 0 Å². The number of rotatable bonds is 6. The Hall–Kier alpha value is -1.91. The Balaban J connectivity index is 1.40. The van der Waals surface area contributed by atoms with Crippen LogP contribution in [0, 0.1) is 22.6 Å². The minimum absolute atomic E-state index is 0.0654. The van der Waals surface area contributed by atoms with Crippen molar-refractivity contribution >= 4 is 11.8 Å². The Morgan fingerprint density at radius 1 is 1.19 bits per heavy atom. The number of fused-ring (bicyclic) bond motifs is 2. The average molecular weight is 360 g/mol. The molecule has 2 aliphatic carbocycles. The molecule has 1 aromatic rings. The molecule has 3 rings (SSSR count). The van der Waals surface area contributed by atoms with Crippen molar-refractivity contribution in [3.05, 3.63) is 35.6 Å². The Bertz CT molecular complexity index is 686. The van der Waals surface area contributed by atoms with Gasteiger partial charge in [0.25, 0.3) is 5.91 Å². The second kappa shape index (κ2) is 7.01. The zero-order valence-electron chi connectivity index (χ0n) is 15.9. The average Bonchev–Trinajstić information content (AvgIpc) is 2.92. The lowest BCUT2D eigenvalue weighted by Crippen LogP contribution is -2.46. The van der Waals surface area contributed by atoms with Crippen molar-refractivity contribution < 1.29 is 14.0 Å². The maximum absolute atomic E-state index is 12.9. The fourth-order valence-electron chi connectivity index (χ4n) is 4.84. The first-order valence-electron chi connectivity index (χ1n) is 9.57. The summed E-state index contributed by atoms with van der Waals surface area (Å²) in [6.45, 7) is 7.41. The van der Waals surface area contributed by atoms with Crippen LogP contribution in [0.15, 0.2) is 24.3 Å². The van der Waals surface area contributed by atoms with Gasteiger partial charge in [0, 0.05) is 24.6 Å². The number of carbonyl (C=O) groups excluding carboxylic acids is 2. The molecule has 2 fully saturated rings. The molecular weight excluding hydrogens is 331 g/mol. The molecule has 0 aromatic heterocycles. The van der Waals surface area contributed by atoms with Gasteiger partial charge in [-0.15, -0.1) is 0 Å². The highest BCUT2D eigenvalue weighted by molar-refractivity contribution is 5.94. The predicted molar refractivity (Wildman–Crippen MR) is 99.1 cm³/mol. The van der Waals surface area contributed by atoms with E-state index >= 15 is 0 Å². The van der Waals surface area contributed by atoms with Crippen molar-refractivity contribution in [2.45, 2.75) is 58.9 Å². The Kier molecular flexibility index (Phi) is 5.09. The minimum Gasteiger partial charge on any atom is -0.353 e. The molecule has 2 saturated carbocycles. The van der Waals surface area contributed by atoms with Crippen molar-refractivity contribution in [3.8, 4) is 0 Å². The van der Waals surface area contributed by atoms with E-state index in [0.717, 1.165) is 6.42 Å². The van der Waals surface area contributed by atoms with E-state index in [1.54, 1.807) is 0 Å². The quantitative estimate of drug-likeness (QED) is 0.761. The van der Waals surface area contributed by atoms with Gasteiger partial charge < -0.3 is 10.6 Å². The lowest BCUT2D eigenvalue weighted by atomic mass is 9.69. The zero-order valence-corrected chi connectivity index (χ0v) is 15.9. The molecule has 2 N–H and O–H groups in total. The van der Waals surface area contributed by atoms with Gasteiger partial charge in [0.05, 0.1) is 0 Å². The maximum Gasteiger partial charge on any atom is 0.251 e. The van der Waals surface area contributed by atoms with E-state index in [1.165, 1.54) is 37.1 Å². The van der Waals surface area contributed by atoms with Crippen LogP contribution in [0.4, 0.5) is 4.39 Å². The normalized spacial score (nSPS) is 28.8. The summed E-state index contributed by atoms with van der Waals surface area (Å²) >= 11 is 0. The van der Waals surface area contributed by atoms with Crippen molar-refractivity contribution in [1.82, 2.24) is 10.6 Å². The third kappa shape index (κ3) is 3.36. The van der Waals surface area contributed by atoms with Gasteiger partial charge in [-0.2, -0.15) is 0 Å². The zero-order chi connectivity index (χ0) is 18.9. The molecule has 3 unspecified atom stereocenters. The molecule has 4 nitrogen and oxygen atoms in total. The molecule has 0 spiro atoms. The van der Waals surface area contributed by atoms with Gasteiger partial charge in [-0.1, -0.05) is 20.8 Å². The van der Waals surface area contributed by atoms with E-state index in [9.17, 15) is 14.0 Å². The highest BCUT2D eigenvalue weighted by Crippen LogP contribution is 2.65. The van der Waals surface area contributed by atoms with Crippen LogP contribution in [-0.4, -0.2) is 24.4 Å². The number of hydrogen-bond donors (Lipinski definition) is 2. The highest BCUT2D eigenvalue weighted by atomic mass is 19.1. The van der Waals surface area contributed by atoms with Gasteiger partial charge in [0.15, 0.2) is 0 Å². The summed E-state index contributed by atoms with van der Waals surface area (Å²) < 4.78 is 12.9. The summed E-state index contributed by atoms with van der Waals surface area (Å²) in [5.41, 5.74) is 0.895. The van der Waals surface area contributed by atoms with Crippen LogP contribution in [0.2, 0.25) is 0 Å². The highest BCUT2D eigenvalue weighted by Gasteiger charge is 2.61. The van der Waals surface area contributed by atoms with E-state index in [2.05, 4.69) is 31.4 Å². The van der Waals surface area contributed by atoms with E-state index in [0.29, 0.717) is 30.9 Å². The van der Waals surface area contributed by atoms with Gasteiger partial charge in [-0.05, 0) is 66.7 Å². The van der Waals surface area contributed by atoms with Crippen molar-refractivity contribution in [1.29, 1.82) is 0 Å². The predicted octanol–water partition coefficient (Wildman–Crippen LogP) is 3.67. The summed E-state index contributed by atoms with van der Waals surface area (Å²) in [4.78, 5) is 24.3. The second-order valence-electron chi connectivity index (χ2n) is 8.60. The molecule has 142 valence electrons. The fourth-order valence-corrected chi connectivity index (χ4v) is 4.84. The second-order valence-corrected chi connectivity index (χ2v) is 8.60. The van der Waals surface area contributed by atoms with Crippen LogP contribution in [0.25, 0.3) is 0 Å². The van der Waals surface area contributed by atoms with Gasteiger partial charge in [0.2, 0.25) is 5.91 Å². The smallest absolute Gasteiger partial charge is 0.251 e. The topological polar surface area (TPSA) is 58.2 Å². The van der Waals surface area contributed by atoms with E-state index in [-0.39, 0.29) is 34.5 Å². The Morgan fingerprint density at radius 3 is 2.46 bits per heavy atom. The van der Waals surface area contributed by atoms with Crippen LogP contribution < -0.4 is 10.6 Å². The first-order valence-corrected chi connectivity index (χ1v) is 9.57. The molecule has 2 bridgehead atoms. The first kappa shape index (κ1) is 18.9. The monoisotopic (exact) mass is 360 g/mol. The van der Waals surface area contributed by atoms with Gasteiger partial charge in [-0.3, -0.25) is 9.59 Å². The van der Waals surface area contributed by atoms with Gasteiger partial charge in [-0.25, -0.2) is 4.39 Å². The first-order chi connectivity index (χ1) is 12.2. The Labute approximate surface area is 154 Å².